The quantitative estimate of drug-likeness (QED) is 0.857. The van der Waals surface area contributed by atoms with Gasteiger partial charge in [-0.3, -0.25) is 9.59 Å². The van der Waals surface area contributed by atoms with Crippen LogP contribution >= 0.6 is 0 Å². The van der Waals surface area contributed by atoms with Gasteiger partial charge in [0.05, 0.1) is 0 Å². The van der Waals surface area contributed by atoms with E-state index in [1.807, 2.05) is 57.1 Å². The summed E-state index contributed by atoms with van der Waals surface area (Å²) in [6.07, 6.45) is 0. The molecule has 2 rings (SSSR count). The zero-order valence-corrected chi connectivity index (χ0v) is 13.8. The molecule has 0 atom stereocenters. The number of carbonyl (C=O) groups is 2. The van der Waals surface area contributed by atoms with Crippen LogP contribution in [0.2, 0.25) is 0 Å². The first-order valence-electron chi connectivity index (χ1n) is 7.34. The maximum absolute atomic E-state index is 12.0. The number of carbonyl (C=O) groups excluding carboxylic acids is 2. The molecule has 0 saturated heterocycles. The van der Waals surface area contributed by atoms with E-state index in [1.165, 1.54) is 0 Å². The van der Waals surface area contributed by atoms with Gasteiger partial charge in [-0.1, -0.05) is 6.07 Å². The Morgan fingerprint density at radius 1 is 0.783 bits per heavy atom. The summed E-state index contributed by atoms with van der Waals surface area (Å²) in [7, 11) is 3.87. The van der Waals surface area contributed by atoms with Crippen molar-refractivity contribution < 1.29 is 9.59 Å². The third-order valence-corrected chi connectivity index (χ3v) is 3.61. The van der Waals surface area contributed by atoms with Crippen molar-refractivity contribution in [2.75, 3.05) is 29.6 Å². The molecule has 2 N–H and O–H groups in total. The van der Waals surface area contributed by atoms with Crippen molar-refractivity contribution in [2.45, 2.75) is 13.8 Å². The first-order valence-corrected chi connectivity index (χ1v) is 7.34. The first-order chi connectivity index (χ1) is 10.9. The minimum absolute atomic E-state index is 0.579. The molecule has 2 aromatic carbocycles. The van der Waals surface area contributed by atoms with Gasteiger partial charge in [0.15, 0.2) is 0 Å². The molecule has 0 aliphatic heterocycles. The lowest BCUT2D eigenvalue weighted by Gasteiger charge is -2.13. The number of hydrogen-bond acceptors (Lipinski definition) is 3. The molecule has 2 amide bonds. The summed E-state index contributed by atoms with van der Waals surface area (Å²) in [5.74, 6) is -1.38. The minimum atomic E-state index is -0.694. The Hall–Kier alpha value is -2.82. The second-order valence-corrected chi connectivity index (χ2v) is 5.65. The summed E-state index contributed by atoms with van der Waals surface area (Å²) in [5, 5.41) is 5.18. The van der Waals surface area contributed by atoms with E-state index < -0.39 is 11.8 Å². The van der Waals surface area contributed by atoms with Crippen LogP contribution in [0.25, 0.3) is 0 Å². The van der Waals surface area contributed by atoms with Crippen LogP contribution in [0.15, 0.2) is 42.5 Å². The first kappa shape index (κ1) is 16.5. The van der Waals surface area contributed by atoms with Gasteiger partial charge in [0, 0.05) is 31.2 Å². The molecule has 0 saturated carbocycles. The Balaban J connectivity index is 1.99. The molecule has 2 aromatic rings. The molecule has 0 aliphatic rings. The zero-order valence-electron chi connectivity index (χ0n) is 13.8. The molecule has 0 aromatic heterocycles. The van der Waals surface area contributed by atoms with Crippen molar-refractivity contribution in [3.63, 3.8) is 0 Å². The van der Waals surface area contributed by atoms with Crippen molar-refractivity contribution in [3.8, 4) is 0 Å². The molecular weight excluding hydrogens is 290 g/mol. The topological polar surface area (TPSA) is 61.4 Å². The van der Waals surface area contributed by atoms with Crippen LogP contribution in [0.3, 0.4) is 0 Å². The van der Waals surface area contributed by atoms with Gasteiger partial charge >= 0.3 is 11.8 Å². The van der Waals surface area contributed by atoms with Crippen LogP contribution in [0.4, 0.5) is 17.1 Å². The van der Waals surface area contributed by atoms with Gasteiger partial charge in [-0.05, 0) is 61.4 Å². The highest BCUT2D eigenvalue weighted by molar-refractivity contribution is 6.43. The lowest BCUT2D eigenvalue weighted by atomic mass is 10.1. The highest BCUT2D eigenvalue weighted by Gasteiger charge is 2.14. The van der Waals surface area contributed by atoms with E-state index in [2.05, 4.69) is 10.6 Å². The third-order valence-electron chi connectivity index (χ3n) is 3.61. The predicted octanol–water partition coefficient (Wildman–Crippen LogP) is 2.95. The molecule has 5 heteroatoms. The molecule has 120 valence electrons. The maximum atomic E-state index is 12.0. The monoisotopic (exact) mass is 311 g/mol. The van der Waals surface area contributed by atoms with Gasteiger partial charge in [-0.2, -0.15) is 0 Å². The third kappa shape index (κ3) is 4.32. The number of aryl methyl sites for hydroxylation is 2. The van der Waals surface area contributed by atoms with Gasteiger partial charge in [0.1, 0.15) is 0 Å². The standard InChI is InChI=1S/C18H21N3O2/c1-12-5-6-15(11-13(12)2)20-18(23)17(22)19-14-7-9-16(10-8-14)21(3)4/h5-11H,1-4H3,(H,19,22)(H,20,23). The molecule has 0 fully saturated rings. The molecule has 0 aliphatic carbocycles. The van der Waals surface area contributed by atoms with Gasteiger partial charge < -0.3 is 15.5 Å². The SMILES string of the molecule is Cc1ccc(NC(=O)C(=O)Nc2ccc(N(C)C)cc2)cc1C. The zero-order chi connectivity index (χ0) is 17.0. The summed E-state index contributed by atoms with van der Waals surface area (Å²) in [6.45, 7) is 3.95. The Morgan fingerprint density at radius 2 is 1.30 bits per heavy atom. The van der Waals surface area contributed by atoms with Crippen molar-refractivity contribution >= 4 is 28.9 Å². The van der Waals surface area contributed by atoms with E-state index in [4.69, 9.17) is 0 Å². The fourth-order valence-corrected chi connectivity index (χ4v) is 2.04. The highest BCUT2D eigenvalue weighted by atomic mass is 16.2. The molecule has 5 nitrogen and oxygen atoms in total. The van der Waals surface area contributed by atoms with E-state index in [0.717, 1.165) is 16.8 Å². The Labute approximate surface area is 136 Å². The summed E-state index contributed by atoms with van der Waals surface area (Å²) in [4.78, 5) is 25.9. The van der Waals surface area contributed by atoms with E-state index in [0.29, 0.717) is 11.4 Å². The van der Waals surface area contributed by atoms with Gasteiger partial charge in [0.25, 0.3) is 0 Å². The number of amides is 2. The largest absolute Gasteiger partial charge is 0.378 e. The van der Waals surface area contributed by atoms with Crippen LogP contribution < -0.4 is 15.5 Å². The van der Waals surface area contributed by atoms with E-state index in [1.54, 1.807) is 18.2 Å². The number of nitrogens with zero attached hydrogens (tertiary/aromatic N) is 1. The van der Waals surface area contributed by atoms with Crippen molar-refractivity contribution in [1.82, 2.24) is 0 Å². The summed E-state index contributed by atoms with van der Waals surface area (Å²) in [5.41, 5.74) is 4.39. The van der Waals surface area contributed by atoms with Crippen molar-refractivity contribution in [2.24, 2.45) is 0 Å². The highest BCUT2D eigenvalue weighted by Crippen LogP contribution is 2.16. The van der Waals surface area contributed by atoms with E-state index >= 15 is 0 Å². The Bertz CT molecular complexity index is 722. The van der Waals surface area contributed by atoms with Crippen LogP contribution in [-0.4, -0.2) is 25.9 Å². The van der Waals surface area contributed by atoms with E-state index in [9.17, 15) is 9.59 Å². The molecule has 0 unspecified atom stereocenters. The van der Waals surface area contributed by atoms with Crippen molar-refractivity contribution in [1.29, 1.82) is 0 Å². The van der Waals surface area contributed by atoms with Crippen LogP contribution in [0.5, 0.6) is 0 Å². The van der Waals surface area contributed by atoms with Crippen LogP contribution in [0, 0.1) is 13.8 Å². The minimum Gasteiger partial charge on any atom is -0.378 e. The summed E-state index contributed by atoms with van der Waals surface area (Å²) in [6, 6.07) is 12.8. The fraction of sp³-hybridized carbons (Fsp3) is 0.222. The lowest BCUT2D eigenvalue weighted by Crippen LogP contribution is -2.29. The van der Waals surface area contributed by atoms with Crippen LogP contribution in [0.1, 0.15) is 11.1 Å². The molecule has 0 spiro atoms. The van der Waals surface area contributed by atoms with Gasteiger partial charge in [-0.15, -0.1) is 0 Å². The molecular formula is C18H21N3O2. The number of anilines is 3. The normalized spacial score (nSPS) is 10.1. The second kappa shape index (κ2) is 6.96. The predicted molar refractivity (Wildman–Crippen MR) is 93.9 cm³/mol. The van der Waals surface area contributed by atoms with E-state index in [-0.39, 0.29) is 0 Å². The smallest absolute Gasteiger partial charge is 0.314 e. The lowest BCUT2D eigenvalue weighted by molar-refractivity contribution is -0.132. The van der Waals surface area contributed by atoms with Gasteiger partial charge in [-0.25, -0.2) is 0 Å². The average molecular weight is 311 g/mol. The van der Waals surface area contributed by atoms with Crippen LogP contribution in [-0.2, 0) is 9.59 Å². The Kier molecular flexibility index (Phi) is 5.01. The molecule has 23 heavy (non-hydrogen) atoms. The average Bonchev–Trinajstić information content (AvgIpc) is 2.51. The molecule has 0 bridgehead atoms. The number of hydrogen-bond donors (Lipinski definition) is 2. The van der Waals surface area contributed by atoms with Crippen molar-refractivity contribution in [3.05, 3.63) is 53.6 Å². The summed E-state index contributed by atoms with van der Waals surface area (Å²) >= 11 is 0. The number of rotatable bonds is 3. The second-order valence-electron chi connectivity index (χ2n) is 5.65. The van der Waals surface area contributed by atoms with Gasteiger partial charge in [0.2, 0.25) is 0 Å². The summed E-state index contributed by atoms with van der Waals surface area (Å²) < 4.78 is 0. The number of benzene rings is 2. The maximum Gasteiger partial charge on any atom is 0.314 e. The molecule has 0 heterocycles. The number of nitrogens with one attached hydrogen (secondary N) is 2. The fourth-order valence-electron chi connectivity index (χ4n) is 2.04. The molecule has 0 radical (unpaired) electrons. The Morgan fingerprint density at radius 3 is 1.83 bits per heavy atom.